The van der Waals surface area contributed by atoms with Gasteiger partial charge in [0, 0.05) is 5.57 Å². The zero-order chi connectivity index (χ0) is 20.0. The Labute approximate surface area is 136 Å². The van der Waals surface area contributed by atoms with E-state index in [1.165, 1.54) is 7.11 Å². The van der Waals surface area contributed by atoms with E-state index >= 15 is 0 Å². The van der Waals surface area contributed by atoms with Gasteiger partial charge in [-0.3, -0.25) is 4.89 Å². The molecule has 0 bridgehead atoms. The van der Waals surface area contributed by atoms with Crippen molar-refractivity contribution < 1.29 is 24.8 Å². The Kier molecular flexibility index (Phi) is 190. The number of rotatable bonds is 3. The summed E-state index contributed by atoms with van der Waals surface area (Å²) in [6.45, 7) is 34.6. The molecule has 0 aliphatic rings. The maximum absolute atomic E-state index is 10.3. The molecule has 0 unspecified atom stereocenters. The largest absolute Gasteiger partial charge is 0.394 e. The van der Waals surface area contributed by atoms with Crippen LogP contribution in [0.2, 0.25) is 0 Å². The van der Waals surface area contributed by atoms with Crippen molar-refractivity contribution in [3.05, 3.63) is 77.9 Å². The summed E-state index contributed by atoms with van der Waals surface area (Å²) in [6.07, 6.45) is 0. The Bertz CT molecular complexity index is 180. The van der Waals surface area contributed by atoms with Gasteiger partial charge in [0.25, 0.3) is 0 Å². The first-order valence-corrected chi connectivity index (χ1v) is 5.72. The molecule has 0 saturated heterocycles. The zero-order valence-electron chi connectivity index (χ0n) is 14.3. The summed E-state index contributed by atoms with van der Waals surface area (Å²) in [6, 6.07) is 0. The topological polar surface area (TPSA) is 76.0 Å². The van der Waals surface area contributed by atoms with Crippen LogP contribution >= 0.6 is 0 Å². The molecule has 0 amide bonds. The van der Waals surface area contributed by atoms with Crippen LogP contribution in [0.5, 0.6) is 0 Å². The van der Waals surface area contributed by atoms with Crippen molar-refractivity contribution in [1.82, 2.24) is 0 Å². The molecule has 0 atom stereocenters. The van der Waals surface area contributed by atoms with Crippen molar-refractivity contribution in [3.8, 4) is 0 Å². The van der Waals surface area contributed by atoms with Gasteiger partial charge in [0.2, 0.25) is 0 Å². The minimum Gasteiger partial charge on any atom is -0.394 e. The molecule has 0 heterocycles. The number of aliphatic hydroxyl groups excluding tert-OH is 2. The summed E-state index contributed by atoms with van der Waals surface area (Å²) in [5, 5.41) is 15.2. The zero-order valence-corrected chi connectivity index (χ0v) is 14.3. The lowest BCUT2D eigenvalue weighted by molar-refractivity contribution is -0.250. The van der Waals surface area contributed by atoms with Crippen molar-refractivity contribution in [2.75, 3.05) is 20.3 Å². The summed E-state index contributed by atoms with van der Waals surface area (Å²) < 4.78 is 0. The van der Waals surface area contributed by atoms with Crippen molar-refractivity contribution in [2.45, 2.75) is 6.92 Å². The summed E-state index contributed by atoms with van der Waals surface area (Å²) in [5.74, 6) is -0.535. The van der Waals surface area contributed by atoms with Crippen molar-refractivity contribution in [2.24, 2.45) is 0 Å². The molecular weight excluding hydrogens is 284 g/mol. The first-order chi connectivity index (χ1) is 10.6. The van der Waals surface area contributed by atoms with E-state index in [1.807, 2.05) is 0 Å². The van der Waals surface area contributed by atoms with Crippen LogP contribution in [0.15, 0.2) is 77.9 Å². The molecule has 0 aliphatic heterocycles. The van der Waals surface area contributed by atoms with Crippen LogP contribution in [-0.2, 0) is 14.6 Å². The third-order valence-electron chi connectivity index (χ3n) is 0.607. The predicted octanol–water partition coefficient (Wildman–Crippen LogP) is 3.65. The average molecular weight is 318 g/mol. The molecular formula is C17H34O5. The lowest BCUT2D eigenvalue weighted by Crippen LogP contribution is -2.02. The summed E-state index contributed by atoms with van der Waals surface area (Å²) in [7, 11) is 1.26. The molecule has 22 heavy (non-hydrogen) atoms. The summed E-state index contributed by atoms with van der Waals surface area (Å²) in [4.78, 5) is 18.4. The van der Waals surface area contributed by atoms with E-state index in [2.05, 4.69) is 82.1 Å². The van der Waals surface area contributed by atoms with Gasteiger partial charge in [-0.2, -0.15) is 4.89 Å². The number of hydrogen-bond donors (Lipinski definition) is 2. The molecule has 5 nitrogen and oxygen atoms in total. The van der Waals surface area contributed by atoms with E-state index in [0.29, 0.717) is 5.57 Å². The predicted molar refractivity (Wildman–Crippen MR) is 98.4 cm³/mol. The first kappa shape index (κ1) is 42.7. The van der Waals surface area contributed by atoms with E-state index < -0.39 is 5.97 Å². The SMILES string of the molecule is C=C.C=C.C=C.C=C.C=C.C=C(C)C(=O)OOC.OCCO. The summed E-state index contributed by atoms with van der Waals surface area (Å²) in [5.41, 5.74) is 0.326. The van der Waals surface area contributed by atoms with Gasteiger partial charge in [-0.25, -0.2) is 4.79 Å². The Balaban J connectivity index is -0.0000000275. The van der Waals surface area contributed by atoms with Gasteiger partial charge >= 0.3 is 5.97 Å². The monoisotopic (exact) mass is 318 g/mol. The molecule has 132 valence electrons. The molecule has 0 radical (unpaired) electrons. The highest BCUT2D eigenvalue weighted by Crippen LogP contribution is 1.89. The molecule has 0 aromatic rings. The van der Waals surface area contributed by atoms with Gasteiger partial charge in [-0.05, 0) is 6.92 Å². The number of aliphatic hydroxyl groups is 2. The second kappa shape index (κ2) is 98.0. The Morgan fingerprint density at radius 1 is 0.818 bits per heavy atom. The van der Waals surface area contributed by atoms with E-state index in [0.717, 1.165) is 0 Å². The second-order valence-corrected chi connectivity index (χ2v) is 1.77. The van der Waals surface area contributed by atoms with Crippen LogP contribution in [0, 0.1) is 0 Å². The van der Waals surface area contributed by atoms with Crippen LogP contribution in [0.25, 0.3) is 0 Å². The fourth-order valence-corrected chi connectivity index (χ4v) is 0.147. The van der Waals surface area contributed by atoms with Gasteiger partial charge in [-0.15, -0.1) is 65.8 Å². The second-order valence-electron chi connectivity index (χ2n) is 1.77. The highest BCUT2D eigenvalue weighted by molar-refractivity contribution is 5.86. The molecule has 0 rings (SSSR count). The fourth-order valence-electron chi connectivity index (χ4n) is 0.147. The number of carbonyl (C=O) groups is 1. The Morgan fingerprint density at radius 2 is 1.05 bits per heavy atom. The maximum atomic E-state index is 10.3. The molecule has 0 aromatic heterocycles. The average Bonchev–Trinajstić information content (AvgIpc) is 2.64. The lowest BCUT2D eigenvalue weighted by atomic mass is 10.4. The van der Waals surface area contributed by atoms with Crippen LogP contribution < -0.4 is 0 Å². The maximum Gasteiger partial charge on any atom is 0.368 e. The molecule has 0 fully saturated rings. The smallest absolute Gasteiger partial charge is 0.368 e. The number of carbonyl (C=O) groups excluding carboxylic acids is 1. The van der Waals surface area contributed by atoms with E-state index in [-0.39, 0.29) is 13.2 Å². The Hall–Kier alpha value is -2.21. The van der Waals surface area contributed by atoms with Crippen LogP contribution in [0.1, 0.15) is 6.92 Å². The molecule has 0 spiro atoms. The lowest BCUT2D eigenvalue weighted by Gasteiger charge is -1.94. The van der Waals surface area contributed by atoms with Crippen LogP contribution in [0.4, 0.5) is 0 Å². The van der Waals surface area contributed by atoms with Crippen molar-refractivity contribution >= 4 is 5.97 Å². The minimum absolute atomic E-state index is 0.125. The number of hydrogen-bond acceptors (Lipinski definition) is 5. The summed E-state index contributed by atoms with van der Waals surface area (Å²) >= 11 is 0. The van der Waals surface area contributed by atoms with E-state index in [4.69, 9.17) is 10.2 Å². The van der Waals surface area contributed by atoms with Gasteiger partial charge in [0.1, 0.15) is 0 Å². The van der Waals surface area contributed by atoms with Crippen LogP contribution in [-0.4, -0.2) is 36.5 Å². The van der Waals surface area contributed by atoms with Crippen molar-refractivity contribution in [1.29, 1.82) is 0 Å². The molecule has 0 aromatic carbocycles. The van der Waals surface area contributed by atoms with Crippen LogP contribution in [0.3, 0.4) is 0 Å². The standard InChI is InChI=1S/C5H8O3.C2H6O2.5C2H4/c1-4(2)5(6)8-7-3;3-1-2-4;5*1-2/h1H2,2-3H3;3-4H,1-2H2;5*1-2H2. The van der Waals surface area contributed by atoms with Crippen molar-refractivity contribution in [3.63, 3.8) is 0 Å². The highest BCUT2D eigenvalue weighted by Gasteiger charge is 2.00. The van der Waals surface area contributed by atoms with Gasteiger partial charge < -0.3 is 10.2 Å². The van der Waals surface area contributed by atoms with E-state index in [9.17, 15) is 4.79 Å². The quantitative estimate of drug-likeness (QED) is 0.359. The normalized spacial score (nSPS) is 5.27. The fraction of sp³-hybridized carbons (Fsp3) is 0.235. The third kappa shape index (κ3) is 150. The molecule has 2 N–H and O–H groups in total. The van der Waals surface area contributed by atoms with Gasteiger partial charge in [0.05, 0.1) is 20.3 Å². The van der Waals surface area contributed by atoms with E-state index in [1.54, 1.807) is 6.92 Å². The van der Waals surface area contributed by atoms with Gasteiger partial charge in [0.15, 0.2) is 0 Å². The van der Waals surface area contributed by atoms with Gasteiger partial charge in [-0.1, -0.05) is 6.58 Å². The molecule has 0 aliphatic carbocycles. The highest BCUT2D eigenvalue weighted by atomic mass is 17.2. The molecule has 5 heteroatoms. The Morgan fingerprint density at radius 3 is 1.09 bits per heavy atom. The first-order valence-electron chi connectivity index (χ1n) is 5.72. The molecule has 0 saturated carbocycles. The minimum atomic E-state index is -0.535. The third-order valence-corrected chi connectivity index (χ3v) is 0.607.